The van der Waals surface area contributed by atoms with Gasteiger partial charge in [0.15, 0.2) is 0 Å². The zero-order valence-corrected chi connectivity index (χ0v) is 12.3. The van der Waals surface area contributed by atoms with Crippen LogP contribution in [0.5, 0.6) is 0 Å². The van der Waals surface area contributed by atoms with Gasteiger partial charge in [0.25, 0.3) is 0 Å². The topological polar surface area (TPSA) is 80.9 Å². The summed E-state index contributed by atoms with van der Waals surface area (Å²) in [5.74, 6) is 0.862. The lowest BCUT2D eigenvalue weighted by molar-refractivity contribution is 0.00235. The summed E-state index contributed by atoms with van der Waals surface area (Å²) in [6, 6.07) is 0. The second kappa shape index (κ2) is 5.08. The molecule has 0 aromatic carbocycles. The van der Waals surface area contributed by atoms with Crippen LogP contribution in [0.15, 0.2) is 0 Å². The van der Waals surface area contributed by atoms with E-state index in [-0.39, 0.29) is 30.1 Å². The quantitative estimate of drug-likeness (QED) is 0.687. The Bertz CT molecular complexity index is 434. The Labute approximate surface area is 124 Å². The van der Waals surface area contributed by atoms with Gasteiger partial charge in [0, 0.05) is 5.92 Å². The first-order valence-corrected chi connectivity index (χ1v) is 7.94. The molecule has 1 saturated carbocycles. The minimum absolute atomic E-state index is 0.103. The van der Waals surface area contributed by atoms with E-state index in [2.05, 4.69) is 23.0 Å². The third kappa shape index (κ3) is 2.23. The van der Waals surface area contributed by atoms with Gasteiger partial charge in [0.1, 0.15) is 18.4 Å². The molecule has 1 amide bonds. The first-order valence-electron chi connectivity index (χ1n) is 7.94. The molecule has 0 aromatic rings. The van der Waals surface area contributed by atoms with Gasteiger partial charge in [0.05, 0.1) is 18.9 Å². The maximum absolute atomic E-state index is 11.4. The molecule has 21 heavy (non-hydrogen) atoms. The van der Waals surface area contributed by atoms with Crippen LogP contribution >= 0.6 is 0 Å². The Hall–Kier alpha value is -0.890. The van der Waals surface area contributed by atoms with E-state index in [9.17, 15) is 4.79 Å². The molecule has 4 rings (SSSR count). The summed E-state index contributed by atoms with van der Waals surface area (Å²) in [6.07, 6.45) is 4.30. The van der Waals surface area contributed by atoms with Crippen LogP contribution in [0.3, 0.4) is 0 Å². The molecule has 0 bridgehead atoms. The number of fused-ring (bicyclic) bond motifs is 2. The summed E-state index contributed by atoms with van der Waals surface area (Å²) in [7, 11) is 0. The third-order valence-corrected chi connectivity index (χ3v) is 5.45. The first kappa shape index (κ1) is 13.8. The summed E-state index contributed by atoms with van der Waals surface area (Å²) >= 11 is 0. The van der Waals surface area contributed by atoms with Crippen LogP contribution in [0.2, 0.25) is 0 Å². The van der Waals surface area contributed by atoms with E-state index in [1.165, 1.54) is 0 Å². The molecule has 6 unspecified atom stereocenters. The molecule has 7 heteroatoms. The number of ether oxygens (including phenoxy) is 2. The van der Waals surface area contributed by atoms with E-state index in [1.54, 1.807) is 0 Å². The van der Waals surface area contributed by atoms with E-state index in [0.29, 0.717) is 25.0 Å². The fourth-order valence-electron chi connectivity index (χ4n) is 4.25. The SMILES string of the molecule is CCC1NC(C2CCC3C(C2)OCC32COC(=O)N2)NO1. The molecule has 3 heterocycles. The minimum atomic E-state index is -0.306. The fourth-order valence-corrected chi connectivity index (χ4v) is 4.25. The summed E-state index contributed by atoms with van der Waals surface area (Å²) < 4.78 is 11.1. The highest BCUT2D eigenvalue weighted by atomic mass is 16.7. The smallest absolute Gasteiger partial charge is 0.407 e. The molecular weight excluding hydrogens is 274 g/mol. The standard InChI is InChI=1S/C14H23N3O4/c1-2-11-15-12(17-21-11)8-3-4-9-10(5-8)19-6-14(9)7-20-13(18)16-14/h8-12,15,17H,2-7H2,1H3,(H,16,18). The molecule has 0 aromatic heterocycles. The predicted octanol–water partition coefficient (Wildman–Crippen LogP) is 0.467. The Balaban J connectivity index is 1.40. The highest BCUT2D eigenvalue weighted by Crippen LogP contribution is 2.45. The fraction of sp³-hybridized carbons (Fsp3) is 0.929. The third-order valence-electron chi connectivity index (χ3n) is 5.45. The largest absolute Gasteiger partial charge is 0.447 e. The molecule has 1 aliphatic carbocycles. The van der Waals surface area contributed by atoms with Crippen LogP contribution in [-0.2, 0) is 14.3 Å². The van der Waals surface area contributed by atoms with Crippen molar-refractivity contribution < 1.29 is 19.1 Å². The van der Waals surface area contributed by atoms with Crippen molar-refractivity contribution >= 4 is 6.09 Å². The summed E-state index contributed by atoms with van der Waals surface area (Å²) in [5, 5.41) is 6.46. The van der Waals surface area contributed by atoms with Gasteiger partial charge in [-0.1, -0.05) is 6.92 Å². The molecule has 3 saturated heterocycles. The van der Waals surface area contributed by atoms with E-state index in [1.807, 2.05) is 0 Å². The number of nitrogens with one attached hydrogen (secondary N) is 3. The van der Waals surface area contributed by atoms with Gasteiger partial charge in [-0.25, -0.2) is 4.79 Å². The van der Waals surface area contributed by atoms with Crippen molar-refractivity contribution in [2.75, 3.05) is 13.2 Å². The van der Waals surface area contributed by atoms with Gasteiger partial charge in [0.2, 0.25) is 0 Å². The number of cyclic esters (lactones) is 1. The van der Waals surface area contributed by atoms with Crippen molar-refractivity contribution in [3.63, 3.8) is 0 Å². The summed E-state index contributed by atoms with van der Waals surface area (Å²) in [5.41, 5.74) is 2.83. The maximum Gasteiger partial charge on any atom is 0.407 e. The monoisotopic (exact) mass is 297 g/mol. The Morgan fingerprint density at radius 2 is 2.24 bits per heavy atom. The minimum Gasteiger partial charge on any atom is -0.447 e. The van der Waals surface area contributed by atoms with Crippen molar-refractivity contribution in [2.24, 2.45) is 11.8 Å². The molecule has 4 aliphatic rings. The van der Waals surface area contributed by atoms with Crippen LogP contribution in [0.1, 0.15) is 32.6 Å². The van der Waals surface area contributed by atoms with Gasteiger partial charge in [-0.15, -0.1) is 0 Å². The second-order valence-electron chi connectivity index (χ2n) is 6.66. The number of carbonyl (C=O) groups excluding carboxylic acids is 1. The number of hydrogen-bond acceptors (Lipinski definition) is 6. The zero-order chi connectivity index (χ0) is 14.4. The van der Waals surface area contributed by atoms with Crippen LogP contribution in [-0.4, -0.2) is 43.3 Å². The highest BCUT2D eigenvalue weighted by Gasteiger charge is 2.56. The van der Waals surface area contributed by atoms with Crippen LogP contribution < -0.4 is 16.1 Å². The lowest BCUT2D eigenvalue weighted by Crippen LogP contribution is -2.53. The summed E-state index contributed by atoms with van der Waals surface area (Å²) in [6.45, 7) is 3.12. The number of hydroxylamine groups is 1. The van der Waals surface area contributed by atoms with Crippen LogP contribution in [0.25, 0.3) is 0 Å². The van der Waals surface area contributed by atoms with Crippen molar-refractivity contribution in [2.45, 2.75) is 56.6 Å². The van der Waals surface area contributed by atoms with Crippen molar-refractivity contribution in [1.82, 2.24) is 16.1 Å². The van der Waals surface area contributed by atoms with Crippen molar-refractivity contribution in [3.8, 4) is 0 Å². The molecule has 4 fully saturated rings. The van der Waals surface area contributed by atoms with Gasteiger partial charge in [-0.2, -0.15) is 5.48 Å². The molecule has 3 N–H and O–H groups in total. The molecule has 6 atom stereocenters. The number of amides is 1. The van der Waals surface area contributed by atoms with Gasteiger partial charge < -0.3 is 14.8 Å². The molecular formula is C14H23N3O4. The van der Waals surface area contributed by atoms with Crippen molar-refractivity contribution in [3.05, 3.63) is 0 Å². The van der Waals surface area contributed by atoms with Gasteiger partial charge in [-0.3, -0.25) is 10.2 Å². The number of alkyl carbamates (subject to hydrolysis) is 1. The van der Waals surface area contributed by atoms with E-state index >= 15 is 0 Å². The predicted molar refractivity (Wildman–Crippen MR) is 73.0 cm³/mol. The Morgan fingerprint density at radius 3 is 2.95 bits per heavy atom. The number of carbonyl (C=O) groups is 1. The number of rotatable bonds is 2. The van der Waals surface area contributed by atoms with Gasteiger partial charge >= 0.3 is 6.09 Å². The molecule has 118 valence electrons. The molecule has 0 radical (unpaired) electrons. The molecule has 1 spiro atoms. The van der Waals surface area contributed by atoms with E-state index in [4.69, 9.17) is 14.3 Å². The van der Waals surface area contributed by atoms with Crippen LogP contribution in [0, 0.1) is 11.8 Å². The summed E-state index contributed by atoms with van der Waals surface area (Å²) in [4.78, 5) is 16.9. The van der Waals surface area contributed by atoms with Gasteiger partial charge in [-0.05, 0) is 31.6 Å². The lowest BCUT2D eigenvalue weighted by Gasteiger charge is -2.37. The zero-order valence-electron chi connectivity index (χ0n) is 12.3. The Kier molecular flexibility index (Phi) is 3.33. The maximum atomic E-state index is 11.4. The lowest BCUT2D eigenvalue weighted by atomic mass is 9.72. The van der Waals surface area contributed by atoms with Crippen molar-refractivity contribution in [1.29, 1.82) is 0 Å². The highest BCUT2D eigenvalue weighted by molar-refractivity contribution is 5.71. The molecule has 7 nitrogen and oxygen atoms in total. The average Bonchev–Trinajstić information content (AvgIpc) is 3.19. The number of hydrogen-bond donors (Lipinski definition) is 3. The Morgan fingerprint density at radius 1 is 1.33 bits per heavy atom. The van der Waals surface area contributed by atoms with Crippen LogP contribution in [0.4, 0.5) is 4.79 Å². The van der Waals surface area contributed by atoms with E-state index in [0.717, 1.165) is 25.7 Å². The second-order valence-corrected chi connectivity index (χ2v) is 6.66. The average molecular weight is 297 g/mol. The normalized spacial score (nSPS) is 49.2. The van der Waals surface area contributed by atoms with E-state index < -0.39 is 0 Å². The first-order chi connectivity index (χ1) is 10.2. The molecule has 3 aliphatic heterocycles.